The predicted octanol–water partition coefficient (Wildman–Crippen LogP) is 4.06. The molecule has 0 atom stereocenters. The first-order valence-electron chi connectivity index (χ1n) is 12.6. The van der Waals surface area contributed by atoms with Crippen LogP contribution >= 0.6 is 11.6 Å². The summed E-state index contributed by atoms with van der Waals surface area (Å²) in [5, 5.41) is 16.2. The molecule has 4 aliphatic rings. The van der Waals surface area contributed by atoms with Gasteiger partial charge in [0.15, 0.2) is 17.3 Å². The molecule has 0 radical (unpaired) electrons. The van der Waals surface area contributed by atoms with Crippen molar-refractivity contribution in [1.82, 2.24) is 34.4 Å². The Morgan fingerprint density at radius 2 is 1.91 bits per heavy atom. The number of hydrogen-bond donors (Lipinski definition) is 0. The molecule has 1 saturated heterocycles. The minimum atomic E-state index is 0.358. The molecule has 4 aromatic rings. The first-order valence-corrected chi connectivity index (χ1v) is 12.9. The molecule has 8 rings (SSSR count). The van der Waals surface area contributed by atoms with E-state index in [0.717, 1.165) is 72.5 Å². The fourth-order valence-electron chi connectivity index (χ4n) is 6.66. The van der Waals surface area contributed by atoms with Crippen LogP contribution in [-0.2, 0) is 20.1 Å². The molecule has 0 bridgehead atoms. The van der Waals surface area contributed by atoms with Crippen molar-refractivity contribution < 1.29 is 0 Å². The van der Waals surface area contributed by atoms with Crippen LogP contribution in [0.4, 0.5) is 5.82 Å². The van der Waals surface area contributed by atoms with E-state index in [1.54, 1.807) is 0 Å². The Labute approximate surface area is 208 Å². The maximum atomic E-state index is 6.41. The number of aryl methyl sites for hydroxylation is 1. The molecule has 1 aromatic carbocycles. The Balaban J connectivity index is 1.06. The van der Waals surface area contributed by atoms with Gasteiger partial charge >= 0.3 is 0 Å². The molecule has 2 aliphatic heterocycles. The lowest BCUT2D eigenvalue weighted by Gasteiger charge is -2.59. The van der Waals surface area contributed by atoms with Crippen LogP contribution in [0.5, 0.6) is 0 Å². The molecule has 8 nitrogen and oxygen atoms in total. The van der Waals surface area contributed by atoms with E-state index in [-0.39, 0.29) is 0 Å². The summed E-state index contributed by atoms with van der Waals surface area (Å²) in [6.45, 7) is 3.89. The summed E-state index contributed by atoms with van der Waals surface area (Å²) < 4.78 is 4.24. The first kappa shape index (κ1) is 20.2. The highest BCUT2D eigenvalue weighted by atomic mass is 35.5. The molecule has 35 heavy (non-hydrogen) atoms. The van der Waals surface area contributed by atoms with Gasteiger partial charge in [-0.15, -0.1) is 10.2 Å². The van der Waals surface area contributed by atoms with Crippen LogP contribution in [0, 0.1) is 5.41 Å². The number of hydrogen-bond acceptors (Lipinski definition) is 6. The summed E-state index contributed by atoms with van der Waals surface area (Å²) >= 11 is 6.41. The molecule has 0 unspecified atom stereocenters. The van der Waals surface area contributed by atoms with Gasteiger partial charge in [-0.25, -0.2) is 9.67 Å². The molecule has 3 fully saturated rings. The SMILES string of the molecule is Cn1nc(N2CC3(CC(c4nnc5n4-c4ccc(Cl)cc4CN(C4CC4)C5)C3)C2)c2cccnc21. The van der Waals surface area contributed by atoms with E-state index in [1.807, 2.05) is 30.1 Å². The lowest BCUT2D eigenvalue weighted by Crippen LogP contribution is -2.62. The van der Waals surface area contributed by atoms with E-state index in [2.05, 4.69) is 37.5 Å². The van der Waals surface area contributed by atoms with Crippen molar-refractivity contribution in [3.63, 3.8) is 0 Å². The third kappa shape index (κ3) is 3.02. The van der Waals surface area contributed by atoms with E-state index in [4.69, 9.17) is 26.9 Å². The Morgan fingerprint density at radius 3 is 2.74 bits per heavy atom. The molecule has 9 heteroatoms. The minimum absolute atomic E-state index is 0.358. The van der Waals surface area contributed by atoms with Crippen molar-refractivity contribution >= 4 is 28.5 Å². The van der Waals surface area contributed by atoms with Crippen molar-refractivity contribution in [2.24, 2.45) is 12.5 Å². The van der Waals surface area contributed by atoms with Gasteiger partial charge in [-0.2, -0.15) is 5.10 Å². The van der Waals surface area contributed by atoms with Gasteiger partial charge in [0.05, 0.1) is 17.6 Å². The van der Waals surface area contributed by atoms with Crippen molar-refractivity contribution in [3.8, 4) is 5.69 Å². The summed E-state index contributed by atoms with van der Waals surface area (Å²) in [6.07, 6.45) is 6.69. The summed E-state index contributed by atoms with van der Waals surface area (Å²) in [5.41, 5.74) is 3.79. The number of halogens is 1. The molecule has 0 N–H and O–H groups in total. The number of fused-ring (bicyclic) bond motifs is 4. The zero-order valence-corrected chi connectivity index (χ0v) is 20.5. The summed E-state index contributed by atoms with van der Waals surface area (Å²) in [4.78, 5) is 9.45. The zero-order valence-electron chi connectivity index (χ0n) is 19.7. The Kier molecular flexibility index (Phi) is 4.07. The highest BCUT2D eigenvalue weighted by Gasteiger charge is 2.55. The molecule has 2 aliphatic carbocycles. The molecule has 5 heterocycles. The molecule has 2 saturated carbocycles. The van der Waals surface area contributed by atoms with Gasteiger partial charge in [-0.05, 0) is 61.6 Å². The summed E-state index contributed by atoms with van der Waals surface area (Å²) in [5.74, 6) is 3.69. The minimum Gasteiger partial charge on any atom is -0.353 e. The van der Waals surface area contributed by atoms with Gasteiger partial charge in [0.1, 0.15) is 5.82 Å². The molecule has 0 amide bonds. The van der Waals surface area contributed by atoms with Gasteiger partial charge in [0, 0.05) is 55.3 Å². The number of benzene rings is 1. The van der Waals surface area contributed by atoms with E-state index in [0.29, 0.717) is 17.4 Å². The lowest BCUT2D eigenvalue weighted by atomic mass is 9.57. The van der Waals surface area contributed by atoms with E-state index in [9.17, 15) is 0 Å². The van der Waals surface area contributed by atoms with Crippen LogP contribution < -0.4 is 4.90 Å². The average molecular weight is 487 g/mol. The average Bonchev–Trinajstić information content (AvgIpc) is 3.53. The second kappa shape index (κ2) is 7.04. The zero-order chi connectivity index (χ0) is 23.3. The monoisotopic (exact) mass is 486 g/mol. The topological polar surface area (TPSA) is 67.9 Å². The second-order valence-electron chi connectivity index (χ2n) is 11.0. The third-order valence-electron chi connectivity index (χ3n) is 8.47. The van der Waals surface area contributed by atoms with Gasteiger partial charge in [-0.1, -0.05) is 11.6 Å². The molecular formula is C26H27ClN8. The molecule has 178 valence electrons. The maximum absolute atomic E-state index is 6.41. The van der Waals surface area contributed by atoms with Crippen LogP contribution in [0.25, 0.3) is 16.7 Å². The fraction of sp³-hybridized carbons (Fsp3) is 0.462. The first-order chi connectivity index (χ1) is 17.1. The number of nitrogens with zero attached hydrogens (tertiary/aromatic N) is 8. The standard InChI is InChI=1S/C26H27ClN8/c1-32-24-20(3-2-8-28-24)25(31-32)34-14-26(15-34)10-17(11-26)23-30-29-22-13-33(19-5-6-19)12-16-9-18(27)4-7-21(16)35(22)23/h2-4,7-9,17,19H,5-6,10-15H2,1H3. The number of rotatable bonds is 3. The summed E-state index contributed by atoms with van der Waals surface area (Å²) in [7, 11) is 1.97. The normalized spacial score (nSPS) is 21.5. The van der Waals surface area contributed by atoms with Crippen molar-refractivity contribution in [2.45, 2.75) is 50.7 Å². The number of anilines is 1. The Bertz CT molecular complexity index is 1470. The lowest BCUT2D eigenvalue weighted by molar-refractivity contribution is 0.0583. The van der Waals surface area contributed by atoms with Crippen molar-refractivity contribution in [2.75, 3.05) is 18.0 Å². The van der Waals surface area contributed by atoms with Gasteiger partial charge in [-0.3, -0.25) is 9.47 Å². The molecule has 3 aromatic heterocycles. The number of pyridine rings is 1. The van der Waals surface area contributed by atoms with Gasteiger partial charge < -0.3 is 4.90 Å². The Hall–Kier alpha value is -2.97. The smallest absolute Gasteiger partial charge is 0.160 e. The largest absolute Gasteiger partial charge is 0.353 e. The van der Waals surface area contributed by atoms with Crippen LogP contribution in [0.3, 0.4) is 0 Å². The van der Waals surface area contributed by atoms with E-state index >= 15 is 0 Å². The van der Waals surface area contributed by atoms with Crippen LogP contribution in [0.2, 0.25) is 5.02 Å². The fourth-order valence-corrected chi connectivity index (χ4v) is 6.85. The predicted molar refractivity (Wildman–Crippen MR) is 134 cm³/mol. The Morgan fingerprint density at radius 1 is 1.06 bits per heavy atom. The molecule has 1 spiro atoms. The van der Waals surface area contributed by atoms with Crippen LogP contribution in [0.15, 0.2) is 36.5 Å². The van der Waals surface area contributed by atoms with E-state index in [1.165, 1.54) is 24.1 Å². The number of aromatic nitrogens is 6. The van der Waals surface area contributed by atoms with E-state index < -0.39 is 0 Å². The van der Waals surface area contributed by atoms with Gasteiger partial charge in [0.25, 0.3) is 0 Å². The highest BCUT2D eigenvalue weighted by Crippen LogP contribution is 2.57. The summed E-state index contributed by atoms with van der Waals surface area (Å²) in [6, 6.07) is 11.1. The van der Waals surface area contributed by atoms with Crippen molar-refractivity contribution in [3.05, 3.63) is 58.8 Å². The third-order valence-corrected chi connectivity index (χ3v) is 8.71. The maximum Gasteiger partial charge on any atom is 0.160 e. The van der Waals surface area contributed by atoms with Gasteiger partial charge in [0.2, 0.25) is 0 Å². The highest BCUT2D eigenvalue weighted by molar-refractivity contribution is 6.30. The van der Waals surface area contributed by atoms with Crippen LogP contribution in [-0.4, -0.2) is 53.6 Å². The van der Waals surface area contributed by atoms with Crippen LogP contribution in [0.1, 0.15) is 48.8 Å². The quantitative estimate of drug-likeness (QED) is 0.435. The van der Waals surface area contributed by atoms with Crippen molar-refractivity contribution in [1.29, 1.82) is 0 Å². The second-order valence-corrected chi connectivity index (χ2v) is 11.4. The molecular weight excluding hydrogens is 460 g/mol.